The van der Waals surface area contributed by atoms with Gasteiger partial charge in [-0.2, -0.15) is 0 Å². The highest BCUT2D eigenvalue weighted by Gasteiger charge is 2.69. The van der Waals surface area contributed by atoms with E-state index < -0.39 is 19.0 Å². The molecule has 3 aliphatic rings. The highest BCUT2D eigenvalue weighted by atomic mass is 31.2. The van der Waals surface area contributed by atoms with E-state index in [0.717, 1.165) is 10.6 Å². The molecule has 2 bridgehead atoms. The number of cyclic esters (lactones) is 2. The molecule has 6 atom stereocenters. The highest BCUT2D eigenvalue weighted by molar-refractivity contribution is 7.79. The molecular formula is C22H21O4P. The minimum atomic E-state index is -2.97. The minimum Gasteiger partial charge on any atom is -0.393 e. The lowest BCUT2D eigenvalue weighted by Crippen LogP contribution is -2.38. The van der Waals surface area contributed by atoms with Crippen LogP contribution in [0.5, 0.6) is 0 Å². The van der Waals surface area contributed by atoms with Crippen molar-refractivity contribution in [3.63, 3.8) is 0 Å². The molecule has 138 valence electrons. The fourth-order valence-corrected chi connectivity index (χ4v) is 9.69. The predicted molar refractivity (Wildman–Crippen MR) is 102 cm³/mol. The van der Waals surface area contributed by atoms with Gasteiger partial charge in [-0.1, -0.05) is 67.6 Å². The van der Waals surface area contributed by atoms with Crippen LogP contribution in [0.2, 0.25) is 0 Å². The number of hydrogen-bond acceptors (Lipinski definition) is 4. The highest BCUT2D eigenvalue weighted by Crippen LogP contribution is 2.68. The van der Waals surface area contributed by atoms with E-state index in [1.54, 1.807) is 0 Å². The van der Waals surface area contributed by atoms with Crippen molar-refractivity contribution in [3.8, 4) is 0 Å². The van der Waals surface area contributed by atoms with Crippen LogP contribution in [0, 0.1) is 29.6 Å². The van der Waals surface area contributed by atoms with Crippen molar-refractivity contribution in [3.05, 3.63) is 60.7 Å². The Morgan fingerprint density at radius 1 is 0.852 bits per heavy atom. The Kier molecular flexibility index (Phi) is 3.70. The molecule has 2 aliphatic carbocycles. The number of fused-ring (bicyclic) bond motifs is 5. The largest absolute Gasteiger partial charge is 0.393 e. The van der Waals surface area contributed by atoms with Gasteiger partial charge in [0.05, 0.1) is 11.8 Å². The van der Waals surface area contributed by atoms with E-state index in [1.807, 2.05) is 60.7 Å². The molecule has 0 spiro atoms. The van der Waals surface area contributed by atoms with Gasteiger partial charge in [-0.3, -0.25) is 9.59 Å². The third-order valence-electron chi connectivity index (χ3n) is 7.00. The molecule has 0 N–H and O–H groups in total. The molecule has 4 nitrogen and oxygen atoms in total. The maximum atomic E-state index is 14.7. The van der Waals surface area contributed by atoms with Gasteiger partial charge in [-0.05, 0) is 24.2 Å². The van der Waals surface area contributed by atoms with Crippen molar-refractivity contribution < 1.29 is 18.9 Å². The zero-order valence-corrected chi connectivity index (χ0v) is 15.9. The van der Waals surface area contributed by atoms with Gasteiger partial charge in [0, 0.05) is 16.3 Å². The molecule has 5 rings (SSSR count). The molecule has 5 heteroatoms. The van der Waals surface area contributed by atoms with Crippen molar-refractivity contribution in [2.75, 3.05) is 0 Å². The van der Waals surface area contributed by atoms with Gasteiger partial charge in [0.15, 0.2) is 0 Å². The number of esters is 2. The smallest absolute Gasteiger partial charge is 0.317 e. The molecule has 0 aromatic heterocycles. The fourth-order valence-electron chi connectivity index (χ4n) is 5.91. The predicted octanol–water partition coefficient (Wildman–Crippen LogP) is 2.97. The molecule has 3 fully saturated rings. The molecule has 1 aliphatic heterocycles. The molecule has 1 saturated heterocycles. The van der Waals surface area contributed by atoms with E-state index in [1.165, 1.54) is 0 Å². The summed E-state index contributed by atoms with van der Waals surface area (Å²) in [7, 11) is -2.97. The second-order valence-corrected chi connectivity index (χ2v) is 11.0. The Balaban J connectivity index is 1.66. The van der Waals surface area contributed by atoms with Crippen LogP contribution in [0.25, 0.3) is 0 Å². The van der Waals surface area contributed by atoms with Crippen LogP contribution in [0.1, 0.15) is 13.3 Å². The van der Waals surface area contributed by atoms with Gasteiger partial charge in [-0.15, -0.1) is 0 Å². The maximum Gasteiger partial charge on any atom is 0.317 e. The lowest BCUT2D eigenvalue weighted by atomic mass is 9.81. The monoisotopic (exact) mass is 380 g/mol. The van der Waals surface area contributed by atoms with Gasteiger partial charge < -0.3 is 9.30 Å². The van der Waals surface area contributed by atoms with E-state index in [2.05, 4.69) is 6.92 Å². The van der Waals surface area contributed by atoms with E-state index in [4.69, 9.17) is 4.74 Å². The lowest BCUT2D eigenvalue weighted by Gasteiger charge is -2.35. The van der Waals surface area contributed by atoms with Crippen molar-refractivity contribution in [1.82, 2.24) is 0 Å². The first-order chi connectivity index (χ1) is 13.0. The molecule has 0 amide bonds. The molecule has 1 heterocycles. The van der Waals surface area contributed by atoms with E-state index in [9.17, 15) is 14.2 Å². The average molecular weight is 380 g/mol. The zero-order valence-electron chi connectivity index (χ0n) is 15.0. The Hall–Kier alpha value is -2.19. The van der Waals surface area contributed by atoms with E-state index >= 15 is 0 Å². The summed E-state index contributed by atoms with van der Waals surface area (Å²) in [6, 6.07) is 19.2. The molecular weight excluding hydrogens is 359 g/mol. The SMILES string of the molecule is CC1C2CC(P(=O)(c3ccccc3)c3ccccc3)C1C1C(=O)OC(=O)C21. The Bertz CT molecular complexity index is 911. The van der Waals surface area contributed by atoms with E-state index in [0.29, 0.717) is 6.42 Å². The molecule has 0 radical (unpaired) electrons. The lowest BCUT2D eigenvalue weighted by molar-refractivity contribution is -0.155. The van der Waals surface area contributed by atoms with E-state index in [-0.39, 0.29) is 35.3 Å². The summed E-state index contributed by atoms with van der Waals surface area (Å²) >= 11 is 0. The van der Waals surface area contributed by atoms with Crippen LogP contribution in [0.3, 0.4) is 0 Å². The van der Waals surface area contributed by atoms with Gasteiger partial charge in [-0.25, -0.2) is 0 Å². The number of carbonyl (C=O) groups is 2. The number of hydrogen-bond donors (Lipinski definition) is 0. The quantitative estimate of drug-likeness (QED) is 0.467. The molecule has 2 aromatic carbocycles. The summed E-state index contributed by atoms with van der Waals surface area (Å²) < 4.78 is 19.7. The average Bonchev–Trinajstić information content (AvgIpc) is 3.30. The first-order valence-electron chi connectivity index (χ1n) is 9.50. The third-order valence-corrected chi connectivity index (χ3v) is 10.6. The molecule has 27 heavy (non-hydrogen) atoms. The van der Waals surface area contributed by atoms with Crippen molar-refractivity contribution >= 4 is 29.7 Å². The summed E-state index contributed by atoms with van der Waals surface area (Å²) in [6.07, 6.45) is 0.705. The van der Waals surface area contributed by atoms with Crippen molar-refractivity contribution in [2.24, 2.45) is 29.6 Å². The van der Waals surface area contributed by atoms with Gasteiger partial charge in [0.2, 0.25) is 0 Å². The fraction of sp³-hybridized carbons (Fsp3) is 0.364. The number of rotatable bonds is 3. The second kappa shape index (κ2) is 5.90. The molecule has 2 saturated carbocycles. The summed E-state index contributed by atoms with van der Waals surface area (Å²) in [5.41, 5.74) is -0.137. The molecule has 2 aromatic rings. The van der Waals surface area contributed by atoms with Crippen molar-refractivity contribution in [2.45, 2.75) is 19.0 Å². The van der Waals surface area contributed by atoms with Crippen LogP contribution in [0.4, 0.5) is 0 Å². The normalized spacial score (nSPS) is 34.6. The zero-order chi connectivity index (χ0) is 18.8. The Morgan fingerprint density at radius 2 is 1.37 bits per heavy atom. The topological polar surface area (TPSA) is 60.4 Å². The first kappa shape index (κ1) is 16.9. The third kappa shape index (κ3) is 2.20. The van der Waals surface area contributed by atoms with Crippen molar-refractivity contribution in [1.29, 1.82) is 0 Å². The Morgan fingerprint density at radius 3 is 1.93 bits per heavy atom. The summed E-state index contributed by atoms with van der Waals surface area (Å²) in [4.78, 5) is 24.6. The standard InChI is InChI=1S/C22H21O4P/c1-13-16-12-17(18(13)20-19(16)21(23)26-22(20)24)27(25,14-8-4-2-5-9-14)15-10-6-3-7-11-15/h2-11,13,16-20H,12H2,1H3. The first-order valence-corrected chi connectivity index (χ1v) is 11.3. The van der Waals surface area contributed by atoms with Crippen LogP contribution in [-0.4, -0.2) is 17.6 Å². The second-order valence-electron chi connectivity index (χ2n) is 8.02. The van der Waals surface area contributed by atoms with Crippen LogP contribution in [-0.2, 0) is 18.9 Å². The Labute approximate surface area is 158 Å². The maximum absolute atomic E-state index is 14.7. The van der Waals surface area contributed by atoms with Crippen LogP contribution < -0.4 is 10.6 Å². The number of ether oxygens (including phenoxy) is 1. The minimum absolute atomic E-state index is 0.0738. The van der Waals surface area contributed by atoms with Crippen LogP contribution in [0.15, 0.2) is 60.7 Å². The summed E-state index contributed by atoms with van der Waals surface area (Å²) in [5.74, 6) is -1.37. The van der Waals surface area contributed by atoms with Gasteiger partial charge in [0.25, 0.3) is 0 Å². The van der Waals surface area contributed by atoms with Gasteiger partial charge >= 0.3 is 11.9 Å². The van der Waals surface area contributed by atoms with Crippen LogP contribution >= 0.6 is 7.14 Å². The molecule has 6 unspecified atom stereocenters. The number of carbonyl (C=O) groups excluding carboxylic acids is 2. The summed E-state index contributed by atoms with van der Waals surface area (Å²) in [6.45, 7) is 2.11. The number of benzene rings is 2. The van der Waals surface area contributed by atoms with Gasteiger partial charge in [0.1, 0.15) is 7.14 Å². The summed E-state index contributed by atoms with van der Waals surface area (Å²) in [5, 5.41) is 1.66.